The Hall–Kier alpha value is -1.76. The standard InChI is InChI=1S/C15H10Cl2O5S/c16-12-11(23(20,21)9-4-2-1-3-5-9)7-8-6-10(15(18)19)22-14(8)13(12)17/h1-5,7,10H,6H2,(H,18,19). The van der Waals surface area contributed by atoms with Crippen LogP contribution in [0.1, 0.15) is 5.56 Å². The van der Waals surface area contributed by atoms with Gasteiger partial charge in [0.2, 0.25) is 9.84 Å². The van der Waals surface area contributed by atoms with Crippen molar-refractivity contribution in [3.05, 3.63) is 52.0 Å². The van der Waals surface area contributed by atoms with Crippen LogP contribution in [0.2, 0.25) is 10.0 Å². The molecule has 3 rings (SSSR count). The van der Waals surface area contributed by atoms with Crippen LogP contribution in [0.3, 0.4) is 0 Å². The van der Waals surface area contributed by atoms with Crippen molar-refractivity contribution in [1.82, 2.24) is 0 Å². The lowest BCUT2D eigenvalue weighted by molar-refractivity contribution is -0.144. The lowest BCUT2D eigenvalue weighted by Gasteiger charge is -2.11. The average Bonchev–Trinajstić information content (AvgIpc) is 2.96. The Morgan fingerprint density at radius 2 is 1.83 bits per heavy atom. The van der Waals surface area contributed by atoms with Gasteiger partial charge < -0.3 is 9.84 Å². The Bertz CT molecular complexity index is 894. The monoisotopic (exact) mass is 372 g/mol. The maximum atomic E-state index is 12.7. The number of ether oxygens (including phenoxy) is 1. The molecule has 1 aliphatic heterocycles. The predicted octanol–water partition coefficient (Wildman–Crippen LogP) is 3.21. The highest BCUT2D eigenvalue weighted by molar-refractivity contribution is 7.91. The molecule has 2 aromatic rings. The molecule has 0 saturated heterocycles. The van der Waals surface area contributed by atoms with Crippen LogP contribution in [-0.2, 0) is 21.1 Å². The molecule has 1 atom stereocenters. The summed E-state index contributed by atoms with van der Waals surface area (Å²) in [6.45, 7) is 0. The highest BCUT2D eigenvalue weighted by Gasteiger charge is 2.34. The Morgan fingerprint density at radius 1 is 1.17 bits per heavy atom. The van der Waals surface area contributed by atoms with Gasteiger partial charge in [0, 0.05) is 12.0 Å². The number of carboxylic acids is 1. The molecule has 8 heteroatoms. The number of halogens is 2. The van der Waals surface area contributed by atoms with Crippen LogP contribution in [0, 0.1) is 0 Å². The third kappa shape index (κ3) is 2.67. The Balaban J connectivity index is 2.16. The zero-order chi connectivity index (χ0) is 16.8. The average molecular weight is 373 g/mol. The molecule has 1 N–H and O–H groups in total. The minimum Gasteiger partial charge on any atom is -0.478 e. The lowest BCUT2D eigenvalue weighted by atomic mass is 10.1. The van der Waals surface area contributed by atoms with Crippen molar-refractivity contribution in [3.63, 3.8) is 0 Å². The van der Waals surface area contributed by atoms with E-state index in [0.29, 0.717) is 5.56 Å². The van der Waals surface area contributed by atoms with Crippen molar-refractivity contribution < 1.29 is 23.1 Å². The highest BCUT2D eigenvalue weighted by Crippen LogP contribution is 2.44. The molecule has 0 saturated carbocycles. The van der Waals surface area contributed by atoms with Crippen LogP contribution in [0.5, 0.6) is 5.75 Å². The van der Waals surface area contributed by atoms with E-state index in [1.165, 1.54) is 18.2 Å². The minimum atomic E-state index is -3.87. The maximum Gasteiger partial charge on any atom is 0.345 e. The van der Waals surface area contributed by atoms with Crippen molar-refractivity contribution in [2.75, 3.05) is 0 Å². The number of carboxylic acid groups (broad SMARTS) is 1. The van der Waals surface area contributed by atoms with E-state index in [9.17, 15) is 13.2 Å². The Morgan fingerprint density at radius 3 is 2.43 bits per heavy atom. The maximum absolute atomic E-state index is 12.7. The van der Waals surface area contributed by atoms with Gasteiger partial charge in [-0.1, -0.05) is 41.4 Å². The summed E-state index contributed by atoms with van der Waals surface area (Å²) in [5.41, 5.74) is 0.404. The molecular weight excluding hydrogens is 363 g/mol. The molecule has 0 amide bonds. The Kier molecular flexibility index (Phi) is 4.00. The van der Waals surface area contributed by atoms with Crippen LogP contribution in [0.15, 0.2) is 46.2 Å². The number of fused-ring (bicyclic) bond motifs is 1. The molecule has 0 fully saturated rings. The first-order chi connectivity index (χ1) is 10.8. The summed E-state index contributed by atoms with van der Waals surface area (Å²) in [4.78, 5) is 11.0. The number of benzene rings is 2. The first kappa shape index (κ1) is 16.1. The van der Waals surface area contributed by atoms with Gasteiger partial charge in [-0.3, -0.25) is 0 Å². The van der Waals surface area contributed by atoms with E-state index in [-0.39, 0.29) is 32.0 Å². The van der Waals surface area contributed by atoms with Gasteiger partial charge in [-0.25, -0.2) is 13.2 Å². The molecule has 0 spiro atoms. The third-order valence-corrected chi connectivity index (χ3v) is 6.25. The second-order valence-electron chi connectivity index (χ2n) is 4.96. The van der Waals surface area contributed by atoms with Gasteiger partial charge in [0.25, 0.3) is 0 Å². The quantitative estimate of drug-likeness (QED) is 0.894. The van der Waals surface area contributed by atoms with Gasteiger partial charge in [0.05, 0.1) is 14.8 Å². The molecule has 1 heterocycles. The van der Waals surface area contributed by atoms with E-state index in [2.05, 4.69) is 0 Å². The van der Waals surface area contributed by atoms with E-state index >= 15 is 0 Å². The zero-order valence-corrected chi connectivity index (χ0v) is 13.8. The second-order valence-corrected chi connectivity index (χ2v) is 7.63. The topological polar surface area (TPSA) is 80.7 Å². The number of hydrogen-bond donors (Lipinski definition) is 1. The SMILES string of the molecule is O=C(O)C1Cc2cc(S(=O)(=O)c3ccccc3)c(Cl)c(Cl)c2O1. The van der Waals surface area contributed by atoms with Crippen molar-refractivity contribution in [1.29, 1.82) is 0 Å². The van der Waals surface area contributed by atoms with Crippen LogP contribution < -0.4 is 4.74 Å². The third-order valence-electron chi connectivity index (χ3n) is 3.49. The van der Waals surface area contributed by atoms with Gasteiger partial charge in [-0.2, -0.15) is 0 Å². The summed E-state index contributed by atoms with van der Waals surface area (Å²) in [6.07, 6.45) is -1.08. The molecule has 0 radical (unpaired) electrons. The summed E-state index contributed by atoms with van der Waals surface area (Å²) in [6, 6.07) is 9.11. The first-order valence-electron chi connectivity index (χ1n) is 6.53. The molecule has 5 nitrogen and oxygen atoms in total. The number of aliphatic carboxylic acids is 1. The van der Waals surface area contributed by atoms with Crippen molar-refractivity contribution >= 4 is 39.0 Å². The summed E-state index contributed by atoms with van der Waals surface area (Å²) in [5.74, 6) is -1.03. The molecule has 1 aliphatic rings. The predicted molar refractivity (Wildman–Crippen MR) is 84.1 cm³/mol. The van der Waals surface area contributed by atoms with Crippen molar-refractivity contribution in [2.24, 2.45) is 0 Å². The van der Waals surface area contributed by atoms with Crippen LogP contribution in [0.25, 0.3) is 0 Å². The van der Waals surface area contributed by atoms with Gasteiger partial charge in [0.1, 0.15) is 10.8 Å². The smallest absolute Gasteiger partial charge is 0.345 e. The van der Waals surface area contributed by atoms with E-state index in [1.807, 2.05) is 0 Å². The van der Waals surface area contributed by atoms with Gasteiger partial charge in [-0.15, -0.1) is 0 Å². The number of sulfone groups is 1. The number of hydrogen-bond acceptors (Lipinski definition) is 4. The van der Waals surface area contributed by atoms with Crippen molar-refractivity contribution in [2.45, 2.75) is 22.3 Å². The van der Waals surface area contributed by atoms with E-state index in [0.717, 1.165) is 0 Å². The van der Waals surface area contributed by atoms with Gasteiger partial charge in [0.15, 0.2) is 6.10 Å². The summed E-state index contributed by atoms with van der Waals surface area (Å²) < 4.78 is 30.7. The van der Waals surface area contributed by atoms with E-state index in [1.54, 1.807) is 18.2 Å². The zero-order valence-electron chi connectivity index (χ0n) is 11.5. The van der Waals surface area contributed by atoms with E-state index < -0.39 is 21.9 Å². The molecule has 120 valence electrons. The molecule has 23 heavy (non-hydrogen) atoms. The van der Waals surface area contributed by atoms with Gasteiger partial charge >= 0.3 is 5.97 Å². The van der Waals surface area contributed by atoms with E-state index in [4.69, 9.17) is 33.0 Å². The lowest BCUT2D eigenvalue weighted by Crippen LogP contribution is -2.24. The fourth-order valence-corrected chi connectivity index (χ4v) is 4.53. The van der Waals surface area contributed by atoms with Crippen LogP contribution in [-0.4, -0.2) is 25.6 Å². The fraction of sp³-hybridized carbons (Fsp3) is 0.133. The number of carbonyl (C=O) groups is 1. The van der Waals surface area contributed by atoms with Crippen LogP contribution >= 0.6 is 23.2 Å². The second kappa shape index (κ2) is 5.70. The molecule has 1 unspecified atom stereocenters. The minimum absolute atomic E-state index is 0.0267. The van der Waals surface area contributed by atoms with Gasteiger partial charge in [-0.05, 0) is 18.2 Å². The fourth-order valence-electron chi connectivity index (χ4n) is 2.36. The first-order valence-corrected chi connectivity index (χ1v) is 8.76. The summed E-state index contributed by atoms with van der Waals surface area (Å²) >= 11 is 12.2. The molecule has 0 bridgehead atoms. The number of rotatable bonds is 3. The normalized spacial score (nSPS) is 16.7. The summed E-state index contributed by atoms with van der Waals surface area (Å²) in [5, 5.41) is 8.76. The highest BCUT2D eigenvalue weighted by atomic mass is 35.5. The van der Waals surface area contributed by atoms with Crippen molar-refractivity contribution in [3.8, 4) is 5.75 Å². The Labute approximate surface area is 142 Å². The largest absolute Gasteiger partial charge is 0.478 e. The molecule has 2 aromatic carbocycles. The van der Waals surface area contributed by atoms with Crippen LogP contribution in [0.4, 0.5) is 0 Å². The molecule has 0 aliphatic carbocycles. The summed E-state index contributed by atoms with van der Waals surface area (Å²) in [7, 11) is -3.87. The molecule has 0 aromatic heterocycles. The molecular formula is C15H10Cl2O5S.